The molecule has 1 aromatic carbocycles. The third kappa shape index (κ3) is 4.24. The molecule has 2 saturated heterocycles. The van der Waals surface area contributed by atoms with E-state index in [0.29, 0.717) is 35.2 Å². The molecule has 2 aliphatic rings. The Morgan fingerprint density at radius 2 is 1.87 bits per heavy atom. The first-order valence-electron chi connectivity index (χ1n) is 9.62. The lowest BCUT2D eigenvalue weighted by atomic mass is 9.92. The fraction of sp³-hybridized carbons (Fsp3) is 0.381. The molecular formula is C21H19ClF3N3O3. The van der Waals surface area contributed by atoms with Crippen LogP contribution in [0.4, 0.5) is 19.0 Å². The fourth-order valence-corrected chi connectivity index (χ4v) is 4.03. The van der Waals surface area contributed by atoms with Gasteiger partial charge >= 0.3 is 6.18 Å². The number of pyridine rings is 1. The van der Waals surface area contributed by atoms with Crippen molar-refractivity contribution < 1.29 is 27.5 Å². The number of halogens is 4. The topological polar surface area (TPSA) is 62.7 Å². The molecule has 0 spiro atoms. The van der Waals surface area contributed by atoms with Crippen molar-refractivity contribution in [2.75, 3.05) is 24.7 Å². The SMILES string of the molecule is Cc1cc(Cl)cnc1N1CC(=O)N(Cc2ccc(C(F)(F)F)cc2)[C@@H](C2COC2)C1=O. The van der Waals surface area contributed by atoms with Crippen LogP contribution in [0.1, 0.15) is 16.7 Å². The lowest BCUT2D eigenvalue weighted by Gasteiger charge is -2.45. The van der Waals surface area contributed by atoms with E-state index >= 15 is 0 Å². The third-order valence-corrected chi connectivity index (χ3v) is 5.69. The van der Waals surface area contributed by atoms with Crippen LogP contribution in [0.25, 0.3) is 0 Å². The number of ether oxygens (including phenoxy) is 1. The van der Waals surface area contributed by atoms with Gasteiger partial charge < -0.3 is 9.64 Å². The molecule has 0 saturated carbocycles. The molecule has 1 atom stereocenters. The summed E-state index contributed by atoms with van der Waals surface area (Å²) in [6.07, 6.45) is -3.02. The second kappa shape index (κ2) is 8.12. The zero-order chi connectivity index (χ0) is 22.3. The quantitative estimate of drug-likeness (QED) is 0.711. The van der Waals surface area contributed by atoms with Gasteiger partial charge in [-0.2, -0.15) is 13.2 Å². The second-order valence-corrected chi connectivity index (χ2v) is 8.11. The van der Waals surface area contributed by atoms with Gasteiger partial charge in [0.1, 0.15) is 18.4 Å². The molecule has 0 aliphatic carbocycles. The summed E-state index contributed by atoms with van der Waals surface area (Å²) in [5.74, 6) is -0.436. The molecule has 2 aromatic rings. The Morgan fingerprint density at radius 1 is 1.19 bits per heavy atom. The normalized spacial score (nSPS) is 20.2. The summed E-state index contributed by atoms with van der Waals surface area (Å²) in [7, 11) is 0. The van der Waals surface area contributed by atoms with Gasteiger partial charge in [0, 0.05) is 18.7 Å². The molecule has 4 rings (SSSR count). The zero-order valence-electron chi connectivity index (χ0n) is 16.5. The predicted octanol–water partition coefficient (Wildman–Crippen LogP) is 3.45. The van der Waals surface area contributed by atoms with Crippen molar-refractivity contribution >= 4 is 29.2 Å². The van der Waals surface area contributed by atoms with E-state index in [0.717, 1.165) is 12.1 Å². The van der Waals surface area contributed by atoms with E-state index in [1.165, 1.54) is 28.1 Å². The first kappa shape index (κ1) is 21.6. The maximum Gasteiger partial charge on any atom is 0.416 e. The maximum atomic E-state index is 13.4. The van der Waals surface area contributed by atoms with Gasteiger partial charge in [0.05, 0.1) is 23.8 Å². The van der Waals surface area contributed by atoms with Gasteiger partial charge in [-0.15, -0.1) is 0 Å². The predicted molar refractivity (Wildman–Crippen MR) is 106 cm³/mol. The third-order valence-electron chi connectivity index (χ3n) is 5.49. The minimum Gasteiger partial charge on any atom is -0.380 e. The number of carbonyl (C=O) groups excluding carboxylic acids is 2. The molecule has 2 amide bonds. The van der Waals surface area contributed by atoms with Crippen molar-refractivity contribution in [2.45, 2.75) is 25.7 Å². The average molecular weight is 454 g/mol. The Hall–Kier alpha value is -2.65. The van der Waals surface area contributed by atoms with E-state index in [2.05, 4.69) is 4.98 Å². The average Bonchev–Trinajstić information content (AvgIpc) is 2.66. The number of rotatable bonds is 4. The summed E-state index contributed by atoms with van der Waals surface area (Å²) in [5.41, 5.74) is 0.402. The highest BCUT2D eigenvalue weighted by atomic mass is 35.5. The lowest BCUT2D eigenvalue weighted by Crippen LogP contribution is -2.65. The maximum absolute atomic E-state index is 13.4. The molecule has 6 nitrogen and oxygen atoms in total. The van der Waals surface area contributed by atoms with Gasteiger partial charge in [0.2, 0.25) is 5.91 Å². The second-order valence-electron chi connectivity index (χ2n) is 7.68. The smallest absolute Gasteiger partial charge is 0.380 e. The molecular weight excluding hydrogens is 435 g/mol. The van der Waals surface area contributed by atoms with E-state index in [1.807, 2.05) is 0 Å². The zero-order valence-corrected chi connectivity index (χ0v) is 17.3. The summed E-state index contributed by atoms with van der Waals surface area (Å²) in [4.78, 5) is 33.4. The number of piperazine rings is 1. The van der Waals surface area contributed by atoms with Crippen molar-refractivity contribution in [3.63, 3.8) is 0 Å². The summed E-state index contributed by atoms with van der Waals surface area (Å²) in [6.45, 7) is 2.23. The number of amides is 2. The van der Waals surface area contributed by atoms with Crippen molar-refractivity contribution in [1.82, 2.24) is 9.88 Å². The van der Waals surface area contributed by atoms with Gasteiger partial charge in [0.15, 0.2) is 0 Å². The van der Waals surface area contributed by atoms with Crippen LogP contribution in [0.3, 0.4) is 0 Å². The van der Waals surface area contributed by atoms with Crippen molar-refractivity contribution in [3.8, 4) is 0 Å². The number of alkyl halides is 3. The van der Waals surface area contributed by atoms with Crippen molar-refractivity contribution in [1.29, 1.82) is 0 Å². The molecule has 164 valence electrons. The fourth-order valence-electron chi connectivity index (χ4n) is 3.82. The summed E-state index contributed by atoms with van der Waals surface area (Å²) in [6, 6.07) is 5.48. The van der Waals surface area contributed by atoms with Crippen molar-refractivity contribution in [2.24, 2.45) is 5.92 Å². The molecule has 2 aliphatic heterocycles. The van der Waals surface area contributed by atoms with Crippen LogP contribution in [0, 0.1) is 12.8 Å². The number of carbonyl (C=O) groups is 2. The van der Waals surface area contributed by atoms with Crippen LogP contribution in [0.5, 0.6) is 0 Å². The highest BCUT2D eigenvalue weighted by Crippen LogP contribution is 2.32. The molecule has 3 heterocycles. The van der Waals surface area contributed by atoms with Crippen LogP contribution < -0.4 is 4.90 Å². The lowest BCUT2D eigenvalue weighted by molar-refractivity contribution is -0.155. The highest BCUT2D eigenvalue weighted by molar-refractivity contribution is 6.30. The first-order chi connectivity index (χ1) is 14.6. The Balaban J connectivity index is 1.61. The Bertz CT molecular complexity index is 1010. The molecule has 0 N–H and O–H groups in total. The first-order valence-corrected chi connectivity index (χ1v) is 10.00. The van der Waals surface area contributed by atoms with Gasteiger partial charge in [0.25, 0.3) is 5.91 Å². The van der Waals surface area contributed by atoms with E-state index < -0.39 is 17.8 Å². The number of hydrogen-bond donors (Lipinski definition) is 0. The van der Waals surface area contributed by atoms with Crippen LogP contribution in [0.15, 0.2) is 36.5 Å². The van der Waals surface area contributed by atoms with Gasteiger partial charge in [-0.1, -0.05) is 23.7 Å². The Kier molecular flexibility index (Phi) is 5.65. The molecule has 0 unspecified atom stereocenters. The van der Waals surface area contributed by atoms with Crippen LogP contribution in [0.2, 0.25) is 5.02 Å². The molecule has 31 heavy (non-hydrogen) atoms. The number of benzene rings is 1. The number of hydrogen-bond acceptors (Lipinski definition) is 4. The number of aromatic nitrogens is 1. The molecule has 10 heteroatoms. The summed E-state index contributed by atoms with van der Waals surface area (Å²) >= 11 is 5.96. The van der Waals surface area contributed by atoms with E-state index in [-0.39, 0.29) is 30.8 Å². The number of nitrogens with zero attached hydrogens (tertiary/aromatic N) is 3. The number of anilines is 1. The van der Waals surface area contributed by atoms with E-state index in [1.54, 1.807) is 13.0 Å². The minimum atomic E-state index is -4.44. The summed E-state index contributed by atoms with van der Waals surface area (Å²) < 4.78 is 43.7. The minimum absolute atomic E-state index is 0.0325. The molecule has 0 bridgehead atoms. The summed E-state index contributed by atoms with van der Waals surface area (Å²) in [5, 5.41) is 0.421. The van der Waals surface area contributed by atoms with Crippen LogP contribution in [-0.4, -0.2) is 47.5 Å². The molecule has 0 radical (unpaired) electrons. The van der Waals surface area contributed by atoms with Gasteiger partial charge in [-0.25, -0.2) is 4.98 Å². The monoisotopic (exact) mass is 453 g/mol. The van der Waals surface area contributed by atoms with E-state index in [4.69, 9.17) is 16.3 Å². The Morgan fingerprint density at radius 3 is 2.42 bits per heavy atom. The number of aryl methyl sites for hydroxylation is 1. The van der Waals surface area contributed by atoms with Crippen LogP contribution in [-0.2, 0) is 27.0 Å². The van der Waals surface area contributed by atoms with Crippen molar-refractivity contribution in [3.05, 3.63) is 58.2 Å². The Labute approximate surface area is 181 Å². The largest absolute Gasteiger partial charge is 0.416 e. The van der Waals surface area contributed by atoms with E-state index in [9.17, 15) is 22.8 Å². The van der Waals surface area contributed by atoms with Gasteiger partial charge in [-0.05, 0) is 36.2 Å². The highest BCUT2D eigenvalue weighted by Gasteiger charge is 2.47. The van der Waals surface area contributed by atoms with Gasteiger partial charge in [-0.3, -0.25) is 14.5 Å². The standard InChI is InChI=1S/C21H19ClF3N3O3/c1-12-6-16(22)7-26-19(12)28-9-17(29)27(18(20(28)30)14-10-31-11-14)8-13-2-4-15(5-3-13)21(23,24)25/h2-7,14,18H,8-11H2,1H3/t18-/m0/s1. The van der Waals surface area contributed by atoms with Crippen LogP contribution >= 0.6 is 11.6 Å². The molecule has 2 fully saturated rings. The molecule has 1 aromatic heterocycles.